The van der Waals surface area contributed by atoms with Crippen LogP contribution in [0.4, 0.5) is 10.1 Å². The second kappa shape index (κ2) is 11.8. The van der Waals surface area contributed by atoms with Gasteiger partial charge in [-0.2, -0.15) is 0 Å². The number of piperidine rings is 1. The van der Waals surface area contributed by atoms with Gasteiger partial charge in [0.05, 0.1) is 18.1 Å². The lowest BCUT2D eigenvalue weighted by Gasteiger charge is -2.39. The topological polar surface area (TPSA) is 136 Å². The molecule has 208 valence electrons. The van der Waals surface area contributed by atoms with E-state index >= 15 is 0 Å². The number of halogens is 1. The van der Waals surface area contributed by atoms with Crippen LogP contribution in [0.25, 0.3) is 11.1 Å². The third kappa shape index (κ3) is 5.83. The molecule has 0 saturated carbocycles. The molecule has 1 aromatic heterocycles. The van der Waals surface area contributed by atoms with E-state index < -0.39 is 30.3 Å². The first-order chi connectivity index (χ1) is 18.9. The Labute approximate surface area is 226 Å². The highest BCUT2D eigenvalue weighted by Gasteiger charge is 2.40. The number of anilines is 1. The molecular weight excluding hydrogens is 503 g/mol. The number of hydrogen-bond acceptors (Lipinski definition) is 9. The van der Waals surface area contributed by atoms with E-state index in [1.54, 1.807) is 24.2 Å². The SMILES string of the molecule is CN1CC(F)CNC1C(C(=O)Nc1cnccc1-c1ccc(C(=O)N2CCN3CCC2CC3)cc1)C(N)N=O. The van der Waals surface area contributed by atoms with Gasteiger partial charge in [-0.05, 0) is 43.7 Å². The maximum Gasteiger partial charge on any atom is 0.254 e. The molecule has 4 aliphatic rings. The van der Waals surface area contributed by atoms with E-state index in [2.05, 4.69) is 25.7 Å². The molecule has 0 spiro atoms. The summed E-state index contributed by atoms with van der Waals surface area (Å²) in [5.74, 6) is -1.55. The summed E-state index contributed by atoms with van der Waals surface area (Å²) >= 11 is 0. The molecule has 2 aromatic rings. The van der Waals surface area contributed by atoms with Gasteiger partial charge in [-0.25, -0.2) is 4.39 Å². The second-order valence-corrected chi connectivity index (χ2v) is 10.6. The van der Waals surface area contributed by atoms with Crippen molar-refractivity contribution in [2.45, 2.75) is 37.4 Å². The summed E-state index contributed by atoms with van der Waals surface area (Å²) in [4.78, 5) is 48.3. The van der Waals surface area contributed by atoms with Gasteiger partial charge in [0.1, 0.15) is 12.1 Å². The van der Waals surface area contributed by atoms with E-state index in [0.29, 0.717) is 16.8 Å². The first-order valence-electron chi connectivity index (χ1n) is 13.4. The smallest absolute Gasteiger partial charge is 0.254 e. The normalized spacial score (nSPS) is 26.9. The lowest BCUT2D eigenvalue weighted by Crippen LogP contribution is -2.62. The highest BCUT2D eigenvalue weighted by molar-refractivity contribution is 5.98. The van der Waals surface area contributed by atoms with Crippen molar-refractivity contribution >= 4 is 17.5 Å². The zero-order valence-electron chi connectivity index (χ0n) is 22.0. The van der Waals surface area contributed by atoms with E-state index in [9.17, 15) is 18.9 Å². The van der Waals surface area contributed by atoms with Crippen molar-refractivity contribution in [1.82, 2.24) is 25.0 Å². The van der Waals surface area contributed by atoms with Crippen LogP contribution in [-0.4, -0.2) is 102 Å². The molecule has 2 bridgehead atoms. The molecule has 39 heavy (non-hydrogen) atoms. The monoisotopic (exact) mass is 538 g/mol. The summed E-state index contributed by atoms with van der Waals surface area (Å²) in [5.41, 5.74) is 8.46. The van der Waals surface area contributed by atoms with E-state index in [1.165, 1.54) is 6.20 Å². The Morgan fingerprint density at radius 3 is 2.59 bits per heavy atom. The van der Waals surface area contributed by atoms with E-state index in [-0.39, 0.29) is 25.0 Å². The van der Waals surface area contributed by atoms with Crippen molar-refractivity contribution in [2.24, 2.45) is 16.8 Å². The molecule has 12 heteroatoms. The molecule has 5 heterocycles. The van der Waals surface area contributed by atoms with Gasteiger partial charge >= 0.3 is 0 Å². The number of amides is 2. The third-order valence-corrected chi connectivity index (χ3v) is 8.08. The number of aromatic nitrogens is 1. The molecule has 4 atom stereocenters. The third-order valence-electron chi connectivity index (χ3n) is 8.08. The van der Waals surface area contributed by atoms with Crippen LogP contribution in [-0.2, 0) is 4.79 Å². The number of alkyl halides is 1. The Morgan fingerprint density at radius 1 is 1.15 bits per heavy atom. The summed E-state index contributed by atoms with van der Waals surface area (Å²) in [6.07, 6.45) is 2.05. The quantitative estimate of drug-likeness (QED) is 0.451. The van der Waals surface area contributed by atoms with Gasteiger partial charge in [0, 0.05) is 62.6 Å². The molecule has 4 unspecified atom stereocenters. The summed E-state index contributed by atoms with van der Waals surface area (Å²) < 4.78 is 13.8. The summed E-state index contributed by atoms with van der Waals surface area (Å²) in [6, 6.07) is 9.37. The zero-order valence-corrected chi connectivity index (χ0v) is 22.0. The number of nitrogens with two attached hydrogens (primary N) is 1. The van der Waals surface area contributed by atoms with E-state index in [0.717, 1.165) is 44.6 Å². The Morgan fingerprint density at radius 2 is 1.90 bits per heavy atom. The fraction of sp³-hybridized carbons (Fsp3) is 0.519. The van der Waals surface area contributed by atoms with Gasteiger partial charge in [-0.1, -0.05) is 17.3 Å². The van der Waals surface area contributed by atoms with Gasteiger partial charge < -0.3 is 20.9 Å². The fourth-order valence-electron chi connectivity index (χ4n) is 5.92. The lowest BCUT2D eigenvalue weighted by molar-refractivity contribution is -0.124. The van der Waals surface area contributed by atoms with Crippen LogP contribution < -0.4 is 16.4 Å². The Hall–Kier alpha value is -3.32. The number of carbonyl (C=O) groups is 2. The predicted molar refractivity (Wildman–Crippen MR) is 145 cm³/mol. The standard InChI is InChI=1S/C27H35FN8O3/c1-34-16-19(28)14-31-25(34)23(24(29)33-39)26(37)32-22-15-30-9-6-21(22)17-2-4-18(5-3-17)27(38)36-13-12-35-10-7-20(36)8-11-35/h2-6,9,15,19-20,23-25,31H,7-8,10-14,16,29H2,1H3,(H,32,37). The van der Waals surface area contributed by atoms with E-state index in [4.69, 9.17) is 5.73 Å². The van der Waals surface area contributed by atoms with Crippen LogP contribution in [0.5, 0.6) is 0 Å². The number of nitrogens with one attached hydrogen (secondary N) is 2. The van der Waals surface area contributed by atoms with Crippen molar-refractivity contribution in [3.05, 3.63) is 53.2 Å². The fourth-order valence-corrected chi connectivity index (χ4v) is 5.92. The highest BCUT2D eigenvalue weighted by atomic mass is 19.1. The minimum atomic E-state index is -1.34. The average Bonchev–Trinajstić information content (AvgIpc) is 3.28. The van der Waals surface area contributed by atoms with Crippen molar-refractivity contribution in [3.8, 4) is 11.1 Å². The highest BCUT2D eigenvalue weighted by Crippen LogP contribution is 2.30. The van der Waals surface area contributed by atoms with Gasteiger partial charge in [-0.15, -0.1) is 4.91 Å². The number of nitroso groups, excluding NO2 is 1. The van der Waals surface area contributed by atoms with Crippen molar-refractivity contribution in [2.75, 3.05) is 51.6 Å². The maximum atomic E-state index is 13.8. The number of hydrogen-bond donors (Lipinski definition) is 3. The molecule has 0 radical (unpaired) electrons. The van der Waals surface area contributed by atoms with Crippen molar-refractivity contribution in [1.29, 1.82) is 0 Å². The molecule has 4 aliphatic heterocycles. The number of carbonyl (C=O) groups excluding carboxylic acids is 2. The minimum absolute atomic E-state index is 0.0383. The molecule has 6 rings (SSSR count). The minimum Gasteiger partial charge on any atom is -0.334 e. The van der Waals surface area contributed by atoms with Crippen LogP contribution in [0, 0.1) is 10.8 Å². The number of rotatable bonds is 7. The van der Waals surface area contributed by atoms with Crippen LogP contribution in [0.15, 0.2) is 47.9 Å². The summed E-state index contributed by atoms with van der Waals surface area (Å²) in [5, 5.41) is 8.71. The largest absolute Gasteiger partial charge is 0.334 e. The van der Waals surface area contributed by atoms with Crippen molar-refractivity contribution < 1.29 is 14.0 Å². The molecule has 4 fully saturated rings. The summed E-state index contributed by atoms with van der Waals surface area (Å²) in [7, 11) is 1.66. The number of fused-ring (bicyclic) bond motifs is 4. The van der Waals surface area contributed by atoms with Gasteiger partial charge in [0.2, 0.25) is 5.91 Å². The Balaban J connectivity index is 1.34. The number of nitrogens with zero attached hydrogens (tertiary/aromatic N) is 5. The molecule has 1 aromatic carbocycles. The van der Waals surface area contributed by atoms with Crippen molar-refractivity contribution in [3.63, 3.8) is 0 Å². The first-order valence-corrected chi connectivity index (χ1v) is 13.4. The predicted octanol–water partition coefficient (Wildman–Crippen LogP) is 1.47. The van der Waals surface area contributed by atoms with Crippen LogP contribution in [0.2, 0.25) is 0 Å². The Bertz CT molecular complexity index is 1190. The first kappa shape index (κ1) is 27.3. The molecule has 11 nitrogen and oxygen atoms in total. The average molecular weight is 539 g/mol. The maximum absolute atomic E-state index is 13.8. The summed E-state index contributed by atoms with van der Waals surface area (Å²) in [6.45, 7) is 3.88. The van der Waals surface area contributed by atoms with E-state index in [1.807, 2.05) is 29.2 Å². The molecular formula is C27H35FN8O3. The Kier molecular flexibility index (Phi) is 8.26. The van der Waals surface area contributed by atoms with Gasteiger partial charge in [0.15, 0.2) is 6.17 Å². The second-order valence-electron chi connectivity index (χ2n) is 10.6. The van der Waals surface area contributed by atoms with Crippen LogP contribution in [0.3, 0.4) is 0 Å². The number of benzene rings is 1. The molecule has 4 saturated heterocycles. The van der Waals surface area contributed by atoms with Gasteiger partial charge in [-0.3, -0.25) is 24.8 Å². The zero-order chi connectivity index (χ0) is 27.5. The molecule has 4 N–H and O–H groups in total. The number of pyridine rings is 1. The van der Waals surface area contributed by atoms with Crippen LogP contribution >= 0.6 is 0 Å². The van der Waals surface area contributed by atoms with Crippen LogP contribution in [0.1, 0.15) is 23.2 Å². The molecule has 0 aliphatic carbocycles. The molecule has 2 amide bonds. The lowest BCUT2D eigenvalue weighted by atomic mass is 9.97. The van der Waals surface area contributed by atoms with Gasteiger partial charge in [0.25, 0.3) is 5.91 Å².